The molecule has 1 fully saturated rings. The Morgan fingerprint density at radius 3 is 2.57 bits per heavy atom. The Bertz CT molecular complexity index is 710. The van der Waals surface area contributed by atoms with Crippen LogP contribution in [-0.2, 0) is 6.42 Å². The average molecular weight is 309 g/mol. The van der Waals surface area contributed by atoms with Gasteiger partial charge >= 0.3 is 0 Å². The third-order valence-electron chi connectivity index (χ3n) is 4.51. The minimum absolute atomic E-state index is 0.178. The number of aryl methyl sites for hydroxylation is 1. The van der Waals surface area contributed by atoms with Crippen LogP contribution in [0.2, 0.25) is 0 Å². The van der Waals surface area contributed by atoms with Crippen LogP contribution in [0.1, 0.15) is 28.9 Å². The van der Waals surface area contributed by atoms with Crippen LogP contribution in [0.25, 0.3) is 0 Å². The van der Waals surface area contributed by atoms with E-state index in [1.54, 1.807) is 6.20 Å². The number of rotatable bonds is 2. The van der Waals surface area contributed by atoms with Gasteiger partial charge in [-0.2, -0.15) is 0 Å². The molecule has 3 heterocycles. The fourth-order valence-electron chi connectivity index (χ4n) is 3.21. The van der Waals surface area contributed by atoms with E-state index in [1.807, 2.05) is 24.4 Å². The number of anilines is 2. The van der Waals surface area contributed by atoms with E-state index in [4.69, 9.17) is 0 Å². The maximum absolute atomic E-state index is 11.9. The number of Topliss-reactive ketones (excluding diaryl/α,β-unsaturated/α-hetero) is 1. The quantitative estimate of drug-likeness (QED) is 0.842. The molecule has 4 rings (SSSR count). The lowest BCUT2D eigenvalue weighted by Gasteiger charge is -2.35. The Morgan fingerprint density at radius 2 is 1.78 bits per heavy atom. The minimum Gasteiger partial charge on any atom is -0.353 e. The fourth-order valence-corrected chi connectivity index (χ4v) is 3.21. The highest BCUT2D eigenvalue weighted by atomic mass is 16.1. The Kier molecular flexibility index (Phi) is 3.65. The number of aromatic nitrogens is 3. The maximum Gasteiger partial charge on any atom is 0.225 e. The molecular formula is C17H19N5O. The summed E-state index contributed by atoms with van der Waals surface area (Å²) in [5, 5.41) is 0. The third-order valence-corrected chi connectivity index (χ3v) is 4.51. The summed E-state index contributed by atoms with van der Waals surface area (Å²) in [5.41, 5.74) is 1.63. The first-order valence-electron chi connectivity index (χ1n) is 8.11. The lowest BCUT2D eigenvalue weighted by Crippen LogP contribution is -2.47. The van der Waals surface area contributed by atoms with Gasteiger partial charge in [-0.15, -0.1) is 0 Å². The standard InChI is InChI=1S/C17H19N5O/c23-15-5-3-4-14-13(15)12-19-17(20-14)22-10-8-21(9-11-22)16-6-1-2-7-18-16/h1-2,6-7,12H,3-5,8-11H2. The largest absolute Gasteiger partial charge is 0.353 e. The van der Waals surface area contributed by atoms with Crippen molar-refractivity contribution in [1.82, 2.24) is 15.0 Å². The Balaban J connectivity index is 1.47. The van der Waals surface area contributed by atoms with Gasteiger partial charge in [0.05, 0.1) is 11.3 Å². The molecule has 6 nitrogen and oxygen atoms in total. The van der Waals surface area contributed by atoms with Gasteiger partial charge in [0, 0.05) is 45.0 Å². The lowest BCUT2D eigenvalue weighted by atomic mass is 9.96. The van der Waals surface area contributed by atoms with Gasteiger partial charge in [-0.3, -0.25) is 4.79 Å². The van der Waals surface area contributed by atoms with E-state index >= 15 is 0 Å². The molecule has 2 aromatic heterocycles. The predicted octanol–water partition coefficient (Wildman–Crippen LogP) is 1.72. The highest BCUT2D eigenvalue weighted by molar-refractivity contribution is 5.97. The molecule has 0 saturated carbocycles. The van der Waals surface area contributed by atoms with Crippen LogP contribution in [0.5, 0.6) is 0 Å². The molecule has 1 saturated heterocycles. The molecule has 0 unspecified atom stereocenters. The van der Waals surface area contributed by atoms with Gasteiger partial charge in [-0.25, -0.2) is 15.0 Å². The molecule has 0 atom stereocenters. The summed E-state index contributed by atoms with van der Waals surface area (Å²) in [6, 6.07) is 5.98. The number of ketones is 1. The summed E-state index contributed by atoms with van der Waals surface area (Å²) in [4.78, 5) is 29.8. The van der Waals surface area contributed by atoms with Gasteiger partial charge in [-0.1, -0.05) is 6.07 Å². The number of hydrogen-bond acceptors (Lipinski definition) is 6. The molecule has 0 aromatic carbocycles. The van der Waals surface area contributed by atoms with Crippen LogP contribution in [0, 0.1) is 0 Å². The third kappa shape index (κ3) is 2.76. The summed E-state index contributed by atoms with van der Waals surface area (Å²) in [6.07, 6.45) is 5.94. The zero-order chi connectivity index (χ0) is 15.6. The van der Waals surface area contributed by atoms with Gasteiger partial charge in [0.25, 0.3) is 0 Å². The average Bonchev–Trinajstić information content (AvgIpc) is 2.63. The number of piperazine rings is 1. The fraction of sp³-hybridized carbons (Fsp3) is 0.412. The van der Waals surface area contributed by atoms with E-state index in [2.05, 4.69) is 24.8 Å². The Hall–Kier alpha value is -2.50. The number of carbonyl (C=O) groups excluding carboxylic acids is 1. The number of nitrogens with zero attached hydrogens (tertiary/aromatic N) is 5. The molecule has 0 radical (unpaired) electrons. The van der Waals surface area contributed by atoms with E-state index in [-0.39, 0.29) is 5.78 Å². The maximum atomic E-state index is 11.9. The monoisotopic (exact) mass is 309 g/mol. The second-order valence-corrected chi connectivity index (χ2v) is 5.97. The van der Waals surface area contributed by atoms with Gasteiger partial charge < -0.3 is 9.80 Å². The highest BCUT2D eigenvalue weighted by Gasteiger charge is 2.23. The molecule has 2 aromatic rings. The molecule has 1 aliphatic heterocycles. The molecule has 0 amide bonds. The summed E-state index contributed by atoms with van der Waals surface area (Å²) in [6.45, 7) is 3.53. The van der Waals surface area contributed by atoms with Crippen LogP contribution in [0.4, 0.5) is 11.8 Å². The molecule has 0 N–H and O–H groups in total. The van der Waals surface area contributed by atoms with Crippen molar-refractivity contribution in [2.24, 2.45) is 0 Å². The molecule has 0 bridgehead atoms. The normalized spacial score (nSPS) is 18.0. The first kappa shape index (κ1) is 14.1. The number of fused-ring (bicyclic) bond motifs is 1. The van der Waals surface area contributed by atoms with Crippen molar-refractivity contribution in [2.45, 2.75) is 19.3 Å². The summed E-state index contributed by atoms with van der Waals surface area (Å²) < 4.78 is 0. The van der Waals surface area contributed by atoms with Crippen LogP contribution in [-0.4, -0.2) is 46.9 Å². The summed E-state index contributed by atoms with van der Waals surface area (Å²) in [5.74, 6) is 1.95. The van der Waals surface area contributed by atoms with Crippen LogP contribution in [0.3, 0.4) is 0 Å². The highest BCUT2D eigenvalue weighted by Crippen LogP contribution is 2.22. The molecule has 1 aliphatic carbocycles. The van der Waals surface area contributed by atoms with Crippen molar-refractivity contribution in [1.29, 1.82) is 0 Å². The first-order chi connectivity index (χ1) is 11.3. The molecule has 6 heteroatoms. The van der Waals surface area contributed by atoms with Gasteiger partial charge in [0.2, 0.25) is 5.95 Å². The number of carbonyl (C=O) groups is 1. The number of pyridine rings is 1. The van der Waals surface area contributed by atoms with Crippen molar-refractivity contribution in [3.8, 4) is 0 Å². The predicted molar refractivity (Wildman–Crippen MR) is 88.0 cm³/mol. The van der Waals surface area contributed by atoms with Crippen LogP contribution in [0.15, 0.2) is 30.6 Å². The summed E-state index contributed by atoms with van der Waals surface area (Å²) >= 11 is 0. The second kappa shape index (κ2) is 5.95. The van der Waals surface area contributed by atoms with E-state index < -0.39 is 0 Å². The SMILES string of the molecule is O=C1CCCc2nc(N3CCN(c4ccccn4)CC3)ncc21. The molecule has 118 valence electrons. The van der Waals surface area contributed by atoms with Crippen molar-refractivity contribution in [3.63, 3.8) is 0 Å². The van der Waals surface area contributed by atoms with Crippen LogP contribution >= 0.6 is 0 Å². The topological polar surface area (TPSA) is 62.2 Å². The molecule has 2 aliphatic rings. The van der Waals surface area contributed by atoms with Gasteiger partial charge in [0.1, 0.15) is 5.82 Å². The van der Waals surface area contributed by atoms with Crippen LogP contribution < -0.4 is 9.80 Å². The van der Waals surface area contributed by atoms with E-state index in [0.29, 0.717) is 12.0 Å². The lowest BCUT2D eigenvalue weighted by molar-refractivity contribution is 0.0971. The number of hydrogen-bond donors (Lipinski definition) is 0. The van der Waals surface area contributed by atoms with Crippen molar-refractivity contribution >= 4 is 17.5 Å². The minimum atomic E-state index is 0.178. The van der Waals surface area contributed by atoms with Gasteiger partial charge in [0.15, 0.2) is 5.78 Å². The zero-order valence-corrected chi connectivity index (χ0v) is 13.0. The Morgan fingerprint density at radius 1 is 0.957 bits per heavy atom. The van der Waals surface area contributed by atoms with Crippen molar-refractivity contribution in [2.75, 3.05) is 36.0 Å². The summed E-state index contributed by atoms with van der Waals surface area (Å²) in [7, 11) is 0. The first-order valence-corrected chi connectivity index (χ1v) is 8.11. The zero-order valence-electron chi connectivity index (χ0n) is 13.0. The Labute approximate surface area is 135 Å². The van der Waals surface area contributed by atoms with Crippen molar-refractivity contribution in [3.05, 3.63) is 41.9 Å². The van der Waals surface area contributed by atoms with E-state index in [0.717, 1.165) is 56.5 Å². The molecular weight excluding hydrogens is 290 g/mol. The van der Waals surface area contributed by atoms with E-state index in [1.165, 1.54) is 0 Å². The second-order valence-electron chi connectivity index (χ2n) is 5.97. The van der Waals surface area contributed by atoms with E-state index in [9.17, 15) is 4.79 Å². The smallest absolute Gasteiger partial charge is 0.225 e. The van der Waals surface area contributed by atoms with Gasteiger partial charge in [-0.05, 0) is 25.0 Å². The molecule has 0 spiro atoms. The van der Waals surface area contributed by atoms with Crippen molar-refractivity contribution < 1.29 is 4.79 Å². The molecule has 23 heavy (non-hydrogen) atoms.